The molecule has 0 saturated carbocycles. The highest BCUT2D eigenvalue weighted by molar-refractivity contribution is 5.80. The van der Waals surface area contributed by atoms with Crippen molar-refractivity contribution in [2.75, 3.05) is 6.54 Å². The molecular weight excluding hydrogens is 184 g/mol. The summed E-state index contributed by atoms with van der Waals surface area (Å²) in [7, 11) is 0. The van der Waals surface area contributed by atoms with Gasteiger partial charge < -0.3 is 0 Å². The highest BCUT2D eigenvalue weighted by Gasteiger charge is 2.04. The van der Waals surface area contributed by atoms with E-state index in [2.05, 4.69) is 4.99 Å². The van der Waals surface area contributed by atoms with Crippen LogP contribution in [0.5, 0.6) is 0 Å². The van der Waals surface area contributed by atoms with Crippen LogP contribution in [0.3, 0.4) is 0 Å². The lowest BCUT2D eigenvalue weighted by atomic mass is 10.2. The van der Waals surface area contributed by atoms with Gasteiger partial charge in [-0.15, -0.1) is 0 Å². The van der Waals surface area contributed by atoms with E-state index in [-0.39, 0.29) is 5.56 Å². The minimum atomic E-state index is -0.565. The minimum Gasteiger partial charge on any atom is -0.292 e. The molecule has 3 heteroatoms. The Labute approximate surface area is 82.5 Å². The predicted molar refractivity (Wildman–Crippen MR) is 53.7 cm³/mol. The van der Waals surface area contributed by atoms with Gasteiger partial charge in [-0.1, -0.05) is 19.4 Å². The van der Waals surface area contributed by atoms with Crippen LogP contribution in [0.2, 0.25) is 0 Å². The Hall–Kier alpha value is -1.25. The molecule has 1 aromatic carbocycles. The molecule has 14 heavy (non-hydrogen) atoms. The van der Waals surface area contributed by atoms with Gasteiger partial charge in [-0.25, -0.2) is 8.78 Å². The number of halogens is 2. The first kappa shape index (κ1) is 10.8. The highest BCUT2D eigenvalue weighted by atomic mass is 19.1. The van der Waals surface area contributed by atoms with Crippen molar-refractivity contribution >= 4 is 6.21 Å². The number of nitrogens with zero attached hydrogens (tertiary/aromatic N) is 1. The fourth-order valence-corrected chi connectivity index (χ4v) is 1.04. The Morgan fingerprint density at radius 3 is 2.50 bits per heavy atom. The van der Waals surface area contributed by atoms with Crippen molar-refractivity contribution in [2.45, 2.75) is 19.8 Å². The Bertz CT molecular complexity index is 301. The monoisotopic (exact) mass is 197 g/mol. The summed E-state index contributed by atoms with van der Waals surface area (Å²) in [5.41, 5.74) is -0.0522. The van der Waals surface area contributed by atoms with Gasteiger partial charge in [0, 0.05) is 12.8 Å². The summed E-state index contributed by atoms with van der Waals surface area (Å²) in [5, 5.41) is 0. The van der Waals surface area contributed by atoms with Crippen molar-refractivity contribution in [3.05, 3.63) is 35.4 Å². The van der Waals surface area contributed by atoms with E-state index in [9.17, 15) is 8.78 Å². The average molecular weight is 197 g/mol. The largest absolute Gasteiger partial charge is 0.292 e. The first-order valence-electron chi connectivity index (χ1n) is 4.69. The lowest BCUT2D eigenvalue weighted by Gasteiger charge is -1.97. The van der Waals surface area contributed by atoms with Gasteiger partial charge in [-0.2, -0.15) is 0 Å². The zero-order valence-corrected chi connectivity index (χ0v) is 8.13. The maximum atomic E-state index is 13.0. The molecule has 0 bridgehead atoms. The van der Waals surface area contributed by atoms with Crippen molar-refractivity contribution in [3.63, 3.8) is 0 Å². The quantitative estimate of drug-likeness (QED) is 0.519. The molecule has 0 spiro atoms. The average Bonchev–Trinajstić information content (AvgIpc) is 2.16. The Kier molecular flexibility index (Phi) is 4.23. The predicted octanol–water partition coefficient (Wildman–Crippen LogP) is 3.18. The molecule has 0 N–H and O–H groups in total. The Balaban J connectivity index is 2.70. The van der Waals surface area contributed by atoms with Crippen molar-refractivity contribution < 1.29 is 8.78 Å². The van der Waals surface area contributed by atoms with E-state index >= 15 is 0 Å². The summed E-state index contributed by atoms with van der Waals surface area (Å²) in [4.78, 5) is 3.95. The first-order valence-corrected chi connectivity index (χ1v) is 4.69. The van der Waals surface area contributed by atoms with E-state index in [0.717, 1.165) is 12.8 Å². The molecule has 0 atom stereocenters. The van der Waals surface area contributed by atoms with E-state index in [1.165, 1.54) is 24.4 Å². The normalized spacial score (nSPS) is 11.1. The van der Waals surface area contributed by atoms with Gasteiger partial charge >= 0.3 is 0 Å². The summed E-state index contributed by atoms with van der Waals surface area (Å²) in [6.07, 6.45) is 3.23. The van der Waals surface area contributed by atoms with E-state index in [0.29, 0.717) is 6.54 Å². The minimum absolute atomic E-state index is 0.0522. The molecule has 1 nitrogen and oxygen atoms in total. The summed E-state index contributed by atoms with van der Waals surface area (Å²) < 4.78 is 26.1. The zero-order valence-electron chi connectivity index (χ0n) is 8.13. The van der Waals surface area contributed by atoms with Crippen LogP contribution in [0.1, 0.15) is 25.3 Å². The number of benzene rings is 1. The lowest BCUT2D eigenvalue weighted by molar-refractivity contribution is 0.580. The van der Waals surface area contributed by atoms with E-state index in [4.69, 9.17) is 0 Å². The molecular formula is C11H13F2N. The molecule has 0 amide bonds. The molecule has 0 saturated heterocycles. The number of hydrogen-bond donors (Lipinski definition) is 0. The van der Waals surface area contributed by atoms with Gasteiger partial charge in [0.2, 0.25) is 0 Å². The van der Waals surface area contributed by atoms with Crippen LogP contribution in [-0.2, 0) is 0 Å². The fourth-order valence-electron chi connectivity index (χ4n) is 1.04. The van der Waals surface area contributed by atoms with Crippen LogP contribution in [0.15, 0.2) is 23.2 Å². The zero-order chi connectivity index (χ0) is 10.4. The molecule has 0 aromatic heterocycles. The van der Waals surface area contributed by atoms with Gasteiger partial charge in [-0.3, -0.25) is 4.99 Å². The van der Waals surface area contributed by atoms with Crippen LogP contribution < -0.4 is 0 Å². The van der Waals surface area contributed by atoms with Crippen LogP contribution in [0, 0.1) is 11.6 Å². The summed E-state index contributed by atoms with van der Waals surface area (Å²) in [5.74, 6) is -1.13. The SMILES string of the molecule is CCCCN=Cc1c(F)cccc1F. The summed E-state index contributed by atoms with van der Waals surface area (Å²) in [6, 6.07) is 3.79. The molecule has 0 aliphatic rings. The molecule has 1 rings (SSSR count). The first-order chi connectivity index (χ1) is 6.75. The third kappa shape index (κ3) is 2.91. The molecule has 0 fully saturated rings. The van der Waals surface area contributed by atoms with Gasteiger partial charge in [0.15, 0.2) is 0 Å². The van der Waals surface area contributed by atoms with Crippen LogP contribution >= 0.6 is 0 Å². The smallest absolute Gasteiger partial charge is 0.134 e. The molecule has 1 aromatic rings. The van der Waals surface area contributed by atoms with Gasteiger partial charge in [0.25, 0.3) is 0 Å². The third-order valence-corrected chi connectivity index (χ3v) is 1.86. The van der Waals surface area contributed by atoms with E-state index in [1.54, 1.807) is 0 Å². The second-order valence-corrected chi connectivity index (χ2v) is 3.02. The molecule has 0 heterocycles. The lowest BCUT2D eigenvalue weighted by Crippen LogP contribution is -1.94. The van der Waals surface area contributed by atoms with Gasteiger partial charge in [0.05, 0.1) is 5.56 Å². The Morgan fingerprint density at radius 1 is 1.29 bits per heavy atom. The third-order valence-electron chi connectivity index (χ3n) is 1.86. The number of hydrogen-bond acceptors (Lipinski definition) is 1. The molecule has 0 aliphatic carbocycles. The maximum Gasteiger partial charge on any atom is 0.134 e. The summed E-state index contributed by atoms with van der Waals surface area (Å²) in [6.45, 7) is 2.66. The maximum absolute atomic E-state index is 13.0. The number of unbranched alkanes of at least 4 members (excludes halogenated alkanes) is 1. The second-order valence-electron chi connectivity index (χ2n) is 3.02. The Morgan fingerprint density at radius 2 is 1.93 bits per heavy atom. The number of rotatable bonds is 4. The molecule has 0 radical (unpaired) electrons. The topological polar surface area (TPSA) is 12.4 Å². The van der Waals surface area contributed by atoms with Crippen LogP contribution in [-0.4, -0.2) is 12.8 Å². The molecule has 0 aliphatic heterocycles. The van der Waals surface area contributed by atoms with E-state index in [1.807, 2.05) is 6.92 Å². The van der Waals surface area contributed by atoms with E-state index < -0.39 is 11.6 Å². The fraction of sp³-hybridized carbons (Fsp3) is 0.364. The van der Waals surface area contributed by atoms with Crippen molar-refractivity contribution in [3.8, 4) is 0 Å². The van der Waals surface area contributed by atoms with Crippen LogP contribution in [0.4, 0.5) is 8.78 Å². The molecule has 0 unspecified atom stereocenters. The van der Waals surface area contributed by atoms with Crippen molar-refractivity contribution in [1.29, 1.82) is 0 Å². The molecule has 76 valence electrons. The van der Waals surface area contributed by atoms with Crippen LogP contribution in [0.25, 0.3) is 0 Å². The van der Waals surface area contributed by atoms with Crippen molar-refractivity contribution in [2.24, 2.45) is 4.99 Å². The second kappa shape index (κ2) is 5.47. The van der Waals surface area contributed by atoms with Gasteiger partial charge in [0.1, 0.15) is 11.6 Å². The number of aliphatic imine (C=N–C) groups is 1. The van der Waals surface area contributed by atoms with Crippen molar-refractivity contribution in [1.82, 2.24) is 0 Å². The van der Waals surface area contributed by atoms with Gasteiger partial charge in [-0.05, 0) is 18.6 Å². The standard InChI is InChI=1S/C11H13F2N/c1-2-3-7-14-8-9-10(12)5-4-6-11(9)13/h4-6,8H,2-3,7H2,1H3. The summed E-state index contributed by atoms with van der Waals surface area (Å²) >= 11 is 0. The highest BCUT2D eigenvalue weighted by Crippen LogP contribution is 2.09.